The summed E-state index contributed by atoms with van der Waals surface area (Å²) in [6, 6.07) is 9.91. The topological polar surface area (TPSA) is 135 Å². The number of nitrogens with two attached hydrogens (primary N) is 1. The van der Waals surface area contributed by atoms with Gasteiger partial charge in [0.25, 0.3) is 5.91 Å². The van der Waals surface area contributed by atoms with Gasteiger partial charge in [0.15, 0.2) is 11.5 Å². The summed E-state index contributed by atoms with van der Waals surface area (Å²) in [6.45, 7) is 3.99. The minimum atomic E-state index is -2.99. The van der Waals surface area contributed by atoms with Gasteiger partial charge in [-0.2, -0.15) is 27.8 Å². The van der Waals surface area contributed by atoms with E-state index in [1.165, 1.54) is 42.4 Å². The molecule has 0 fully saturated rings. The molecule has 1 amide bonds. The average Bonchev–Trinajstić information content (AvgIpc) is 3.81. The molecule has 1 aliphatic heterocycles. The van der Waals surface area contributed by atoms with E-state index in [4.69, 9.17) is 27.1 Å². The fraction of sp³-hybridized carbons (Fsp3) is 0.444. The molecular formula is C36H41ClF5N8O3+. The van der Waals surface area contributed by atoms with Crippen LogP contribution in [0.15, 0.2) is 66.2 Å². The van der Waals surface area contributed by atoms with Crippen LogP contribution in [0.5, 0.6) is 0 Å². The Morgan fingerprint density at radius 3 is 2.32 bits per heavy atom. The number of ether oxygens (including phenoxy) is 1. The number of rotatable bonds is 13. The highest BCUT2D eigenvalue weighted by Gasteiger charge is 2.53. The maximum atomic E-state index is 14.9. The number of benzene rings is 2. The smallest absolute Gasteiger partial charge is 0.404 e. The van der Waals surface area contributed by atoms with E-state index in [1.807, 2.05) is 20.8 Å². The van der Waals surface area contributed by atoms with Crippen LogP contribution in [0.25, 0.3) is 22.5 Å². The molecule has 3 N–H and O–H groups in total. The van der Waals surface area contributed by atoms with E-state index in [-0.39, 0.29) is 35.2 Å². The largest absolute Gasteiger partial charge is 0.463 e. The number of alkyl halides is 5. The van der Waals surface area contributed by atoms with Gasteiger partial charge in [-0.15, -0.1) is 0 Å². The van der Waals surface area contributed by atoms with Gasteiger partial charge in [-0.05, 0) is 52.6 Å². The summed E-state index contributed by atoms with van der Waals surface area (Å²) in [5, 5.41) is 6.11. The van der Waals surface area contributed by atoms with Crippen molar-refractivity contribution in [2.24, 2.45) is 21.6 Å². The zero-order chi connectivity index (χ0) is 39.0. The van der Waals surface area contributed by atoms with Crippen molar-refractivity contribution in [2.75, 3.05) is 6.61 Å². The summed E-state index contributed by atoms with van der Waals surface area (Å²) in [4.78, 5) is 38.0. The monoisotopic (exact) mass is 763 g/mol. The van der Waals surface area contributed by atoms with Gasteiger partial charge in [-0.3, -0.25) is 14.5 Å². The van der Waals surface area contributed by atoms with Gasteiger partial charge in [-0.1, -0.05) is 81.2 Å². The highest BCUT2D eigenvalue weighted by Crippen LogP contribution is 2.45. The lowest BCUT2D eigenvalue weighted by molar-refractivity contribution is -0.811. The number of carbonyl (C=O) groups excluding carboxylic acids is 2. The van der Waals surface area contributed by atoms with Gasteiger partial charge in [-0.25, -0.2) is 14.1 Å². The third kappa shape index (κ3) is 8.21. The van der Waals surface area contributed by atoms with Crippen LogP contribution in [0.4, 0.5) is 22.0 Å². The highest BCUT2D eigenvalue weighted by molar-refractivity contribution is 6.33. The number of nitrogens with one attached hydrogen (secondary N) is 1. The summed E-state index contributed by atoms with van der Waals surface area (Å²) in [5.74, 6) is -1.72. The number of amides is 1. The first-order chi connectivity index (χ1) is 24.7. The summed E-state index contributed by atoms with van der Waals surface area (Å²) < 4.78 is 75.1. The molecule has 284 valence electrons. The summed E-state index contributed by atoms with van der Waals surface area (Å²) in [5.41, 5.74) is 5.29. The molecule has 2 aromatic carbocycles. The molecule has 0 spiro atoms. The van der Waals surface area contributed by atoms with Gasteiger partial charge in [0.2, 0.25) is 6.33 Å². The van der Waals surface area contributed by atoms with Gasteiger partial charge in [0.1, 0.15) is 12.8 Å². The second-order valence-corrected chi connectivity index (χ2v) is 15.3. The zero-order valence-corrected chi connectivity index (χ0v) is 30.7. The standard InChI is InChI=1S/C36H40ClF5N8O3/c1-20(38)35(5,6)14-28(51)53-17-27(22-9-12-26(37)25(13-22)29-44-19-46-50(29)32(41)42)49-30(52)36(47-33(49)43,18-34(2,3)4)24-10-7-21(8-11-24)23-15-45-48(16-23)31(39)40/h7-13,15-16,19-20,27,31-32H,14,17-18H2,1-6H3,(H2,43,47)/p+1/t20?,27-,36-/m1/s1. The van der Waals surface area contributed by atoms with Crippen molar-refractivity contribution in [3.8, 4) is 22.5 Å². The maximum Gasteiger partial charge on any atom is 0.404 e. The third-order valence-corrected chi connectivity index (χ3v) is 9.55. The Labute approximate surface area is 308 Å². The number of carbonyl (C=O) groups is 2. The van der Waals surface area contributed by atoms with Crippen LogP contribution in [0.2, 0.25) is 5.02 Å². The van der Waals surface area contributed by atoms with Crippen LogP contribution in [-0.2, 0) is 19.9 Å². The fourth-order valence-electron chi connectivity index (χ4n) is 6.21. The Morgan fingerprint density at radius 1 is 1.06 bits per heavy atom. The Morgan fingerprint density at radius 2 is 1.74 bits per heavy atom. The number of nitrogens with zero attached hydrogens (tertiary/aromatic N) is 6. The number of aromatic nitrogens is 5. The van der Waals surface area contributed by atoms with Crippen LogP contribution in [-0.4, -0.2) is 55.4 Å². The van der Waals surface area contributed by atoms with E-state index in [2.05, 4.69) is 15.2 Å². The van der Waals surface area contributed by atoms with E-state index in [9.17, 15) is 31.5 Å². The number of guanidine groups is 1. The van der Waals surface area contributed by atoms with E-state index >= 15 is 0 Å². The molecule has 4 aromatic rings. The Balaban J connectivity index is 1.59. The van der Waals surface area contributed by atoms with Gasteiger partial charge in [0.05, 0.1) is 29.2 Å². The average molecular weight is 764 g/mol. The number of hydrogen-bond donors (Lipinski definition) is 2. The molecule has 5 rings (SSSR count). The zero-order valence-electron chi connectivity index (χ0n) is 30.0. The van der Waals surface area contributed by atoms with Crippen molar-refractivity contribution < 1.29 is 41.0 Å². The minimum Gasteiger partial charge on any atom is -0.463 e. The molecule has 0 saturated carbocycles. The van der Waals surface area contributed by atoms with Crippen molar-refractivity contribution in [3.05, 3.63) is 77.3 Å². The molecule has 1 aliphatic rings. The number of hydrogen-bond acceptors (Lipinski definition) is 7. The molecule has 53 heavy (non-hydrogen) atoms. The van der Waals surface area contributed by atoms with Gasteiger partial charge in [0, 0.05) is 17.2 Å². The van der Waals surface area contributed by atoms with E-state index in [0.717, 1.165) is 6.33 Å². The predicted molar refractivity (Wildman–Crippen MR) is 186 cm³/mol. The van der Waals surface area contributed by atoms with Crippen LogP contribution in [0.1, 0.15) is 84.7 Å². The number of H-pyrrole nitrogens is 1. The Hall–Kier alpha value is -4.86. The first kappa shape index (κ1) is 39.3. The maximum absolute atomic E-state index is 14.9. The molecule has 0 aliphatic carbocycles. The van der Waals surface area contributed by atoms with Crippen molar-refractivity contribution in [2.45, 2.75) is 85.2 Å². The van der Waals surface area contributed by atoms with Crippen molar-refractivity contribution in [1.29, 1.82) is 0 Å². The van der Waals surface area contributed by atoms with Gasteiger partial charge < -0.3 is 10.5 Å². The quantitative estimate of drug-likeness (QED) is 0.0822. The van der Waals surface area contributed by atoms with E-state index < -0.39 is 60.2 Å². The van der Waals surface area contributed by atoms with Crippen LogP contribution in [0, 0.1) is 10.8 Å². The molecular weight excluding hydrogens is 723 g/mol. The predicted octanol–water partition coefficient (Wildman–Crippen LogP) is 7.52. The SMILES string of the molecule is CC(F)C(C)(C)CC(=O)OC[C@H](c1ccc(Cl)c(-c2nc[nH][n+]2C(F)F)c1)N1C(=O)[C@@](CC(C)(C)C)(c2ccc(-c3cnn(C(F)F)c3)cc2)N=C1N. The van der Waals surface area contributed by atoms with Crippen molar-refractivity contribution >= 4 is 29.4 Å². The number of aromatic amines is 1. The number of halogens is 6. The number of esters is 1. The van der Waals surface area contributed by atoms with Crippen LogP contribution in [0.3, 0.4) is 0 Å². The van der Waals surface area contributed by atoms with Crippen LogP contribution >= 0.6 is 11.6 Å². The van der Waals surface area contributed by atoms with E-state index in [0.29, 0.717) is 31.6 Å². The highest BCUT2D eigenvalue weighted by atomic mass is 35.5. The molecule has 11 nitrogen and oxygen atoms in total. The molecule has 2 aromatic heterocycles. The second kappa shape index (κ2) is 14.9. The molecule has 0 radical (unpaired) electrons. The lowest BCUT2D eigenvalue weighted by Crippen LogP contribution is -2.47. The lowest BCUT2D eigenvalue weighted by atomic mass is 9.75. The first-order valence-electron chi connectivity index (χ1n) is 16.7. The van der Waals surface area contributed by atoms with Crippen molar-refractivity contribution in [3.63, 3.8) is 0 Å². The van der Waals surface area contributed by atoms with Gasteiger partial charge >= 0.3 is 24.9 Å². The molecule has 3 atom stereocenters. The Bertz CT molecular complexity index is 1990. The molecule has 0 saturated heterocycles. The summed E-state index contributed by atoms with van der Waals surface area (Å²) in [7, 11) is 0. The Kier molecular flexibility index (Phi) is 11.0. The minimum absolute atomic E-state index is 0.0697. The van der Waals surface area contributed by atoms with Crippen molar-refractivity contribution in [1.82, 2.24) is 24.8 Å². The fourth-order valence-corrected chi connectivity index (χ4v) is 6.41. The summed E-state index contributed by atoms with van der Waals surface area (Å²) >= 11 is 6.48. The number of aliphatic imine (C=N–C) groups is 1. The second-order valence-electron chi connectivity index (χ2n) is 14.9. The van der Waals surface area contributed by atoms with E-state index in [1.54, 1.807) is 38.1 Å². The first-order valence-corrected chi connectivity index (χ1v) is 17.1. The molecule has 3 heterocycles. The summed E-state index contributed by atoms with van der Waals surface area (Å²) in [6.07, 6.45) is 2.13. The normalized spacial score (nSPS) is 17.8. The molecule has 0 bridgehead atoms. The molecule has 1 unspecified atom stereocenters. The lowest BCUT2D eigenvalue weighted by Gasteiger charge is -2.35. The third-order valence-electron chi connectivity index (χ3n) is 9.22. The molecule has 17 heteroatoms. The van der Waals surface area contributed by atoms with Crippen LogP contribution < -0.4 is 10.4 Å².